The van der Waals surface area contributed by atoms with E-state index in [1.807, 2.05) is 36.0 Å². The highest BCUT2D eigenvalue weighted by Gasteiger charge is 2.13. The number of nitrogens with zero attached hydrogens (tertiary/aromatic N) is 2. The maximum Gasteiger partial charge on any atom is 0.198 e. The SMILES string of the molecule is Oc1[nH]c2ccc(-c3cnco3)cc2c1C=Nc1ccc2c(c1)CSC2. The smallest absolute Gasteiger partial charge is 0.198 e. The van der Waals surface area contributed by atoms with Crippen molar-refractivity contribution < 1.29 is 9.52 Å². The summed E-state index contributed by atoms with van der Waals surface area (Å²) in [6.07, 6.45) is 4.79. The van der Waals surface area contributed by atoms with Crippen LogP contribution in [0.2, 0.25) is 0 Å². The quantitative estimate of drug-likeness (QED) is 0.502. The number of oxazole rings is 1. The molecule has 0 unspecified atom stereocenters. The van der Waals surface area contributed by atoms with Gasteiger partial charge in [-0.3, -0.25) is 4.99 Å². The van der Waals surface area contributed by atoms with Crippen LogP contribution >= 0.6 is 11.8 Å². The maximum atomic E-state index is 10.3. The van der Waals surface area contributed by atoms with Crippen LogP contribution < -0.4 is 0 Å². The molecule has 3 heterocycles. The molecule has 0 radical (unpaired) electrons. The highest BCUT2D eigenvalue weighted by Crippen LogP contribution is 2.33. The van der Waals surface area contributed by atoms with Crippen molar-refractivity contribution in [3.05, 3.63) is 65.7 Å². The Balaban J connectivity index is 1.55. The van der Waals surface area contributed by atoms with Crippen LogP contribution in [0.5, 0.6) is 5.88 Å². The van der Waals surface area contributed by atoms with Gasteiger partial charge in [0.25, 0.3) is 0 Å². The second-order valence-electron chi connectivity index (χ2n) is 6.22. The molecular weight excluding hydrogens is 346 g/mol. The fourth-order valence-electron chi connectivity index (χ4n) is 3.22. The molecule has 5 nitrogen and oxygen atoms in total. The second kappa shape index (κ2) is 6.07. The van der Waals surface area contributed by atoms with Gasteiger partial charge in [-0.25, -0.2) is 4.98 Å². The van der Waals surface area contributed by atoms with Crippen LogP contribution in [-0.4, -0.2) is 21.3 Å². The van der Waals surface area contributed by atoms with Crippen LogP contribution in [0.3, 0.4) is 0 Å². The van der Waals surface area contributed by atoms with Gasteiger partial charge >= 0.3 is 0 Å². The number of nitrogens with one attached hydrogen (secondary N) is 1. The average Bonchev–Trinajstić information content (AvgIpc) is 3.39. The molecule has 0 saturated heterocycles. The van der Waals surface area contributed by atoms with Crippen molar-refractivity contribution in [1.29, 1.82) is 0 Å². The fraction of sp³-hybridized carbons (Fsp3) is 0.100. The minimum absolute atomic E-state index is 0.107. The van der Waals surface area contributed by atoms with Gasteiger partial charge in [-0.1, -0.05) is 6.07 Å². The van der Waals surface area contributed by atoms with E-state index in [9.17, 15) is 5.11 Å². The highest BCUT2D eigenvalue weighted by molar-refractivity contribution is 7.98. The van der Waals surface area contributed by atoms with Gasteiger partial charge in [-0.05, 0) is 41.5 Å². The molecular formula is C20H15N3O2S. The molecule has 0 bridgehead atoms. The van der Waals surface area contributed by atoms with Crippen molar-refractivity contribution >= 4 is 34.6 Å². The molecule has 0 saturated carbocycles. The Morgan fingerprint density at radius 1 is 1.15 bits per heavy atom. The van der Waals surface area contributed by atoms with E-state index in [4.69, 9.17) is 4.42 Å². The third kappa shape index (κ3) is 2.59. The molecule has 1 aliphatic rings. The lowest BCUT2D eigenvalue weighted by Gasteiger charge is -2.00. The third-order valence-electron chi connectivity index (χ3n) is 4.58. The number of hydrogen-bond acceptors (Lipinski definition) is 5. The number of thioether (sulfide) groups is 1. The molecule has 2 aromatic heterocycles. The van der Waals surface area contributed by atoms with Gasteiger partial charge in [-0.15, -0.1) is 0 Å². The zero-order valence-electron chi connectivity index (χ0n) is 13.8. The molecule has 4 aromatic rings. The third-order valence-corrected chi connectivity index (χ3v) is 5.61. The second-order valence-corrected chi connectivity index (χ2v) is 7.20. The Labute approximate surface area is 153 Å². The summed E-state index contributed by atoms with van der Waals surface area (Å²) in [5.41, 5.74) is 6.04. The molecule has 2 N–H and O–H groups in total. The van der Waals surface area contributed by atoms with Crippen molar-refractivity contribution in [2.24, 2.45) is 4.99 Å². The molecule has 26 heavy (non-hydrogen) atoms. The maximum absolute atomic E-state index is 10.3. The minimum atomic E-state index is 0.107. The number of aliphatic imine (C=N–C) groups is 1. The molecule has 0 amide bonds. The summed E-state index contributed by atoms with van der Waals surface area (Å²) < 4.78 is 5.37. The van der Waals surface area contributed by atoms with E-state index in [1.165, 1.54) is 17.5 Å². The molecule has 0 fully saturated rings. The lowest BCUT2D eigenvalue weighted by atomic mass is 10.1. The lowest BCUT2D eigenvalue weighted by molar-refractivity contribution is 0.457. The first-order valence-electron chi connectivity index (χ1n) is 8.25. The summed E-state index contributed by atoms with van der Waals surface area (Å²) in [4.78, 5) is 11.5. The number of rotatable bonds is 3. The first kappa shape index (κ1) is 15.3. The fourth-order valence-corrected chi connectivity index (χ4v) is 4.31. The zero-order valence-corrected chi connectivity index (χ0v) is 14.6. The molecule has 2 aromatic carbocycles. The van der Waals surface area contributed by atoms with E-state index in [1.54, 1.807) is 12.4 Å². The molecule has 5 rings (SSSR count). The summed E-state index contributed by atoms with van der Waals surface area (Å²) >= 11 is 1.92. The van der Waals surface area contributed by atoms with Gasteiger partial charge < -0.3 is 14.5 Å². The Morgan fingerprint density at radius 3 is 2.96 bits per heavy atom. The van der Waals surface area contributed by atoms with Gasteiger partial charge in [0.15, 0.2) is 18.0 Å². The van der Waals surface area contributed by atoms with Crippen molar-refractivity contribution in [3.63, 3.8) is 0 Å². The summed E-state index contributed by atoms with van der Waals surface area (Å²) in [7, 11) is 0. The van der Waals surface area contributed by atoms with Crippen LogP contribution in [0.15, 0.2) is 58.4 Å². The summed E-state index contributed by atoms with van der Waals surface area (Å²) in [6.45, 7) is 0. The van der Waals surface area contributed by atoms with E-state index in [0.29, 0.717) is 11.3 Å². The van der Waals surface area contributed by atoms with Crippen molar-refractivity contribution in [3.8, 4) is 17.2 Å². The predicted molar refractivity (Wildman–Crippen MR) is 104 cm³/mol. The first-order chi connectivity index (χ1) is 12.8. The van der Waals surface area contributed by atoms with Gasteiger partial charge in [-0.2, -0.15) is 11.8 Å². The lowest BCUT2D eigenvalue weighted by Crippen LogP contribution is -1.83. The number of fused-ring (bicyclic) bond motifs is 2. The number of aromatic amines is 1. The first-order valence-corrected chi connectivity index (χ1v) is 9.40. The van der Waals surface area contributed by atoms with E-state index >= 15 is 0 Å². The van der Waals surface area contributed by atoms with E-state index in [2.05, 4.69) is 27.1 Å². The summed E-state index contributed by atoms with van der Waals surface area (Å²) in [5.74, 6) is 2.91. The number of benzene rings is 2. The summed E-state index contributed by atoms with van der Waals surface area (Å²) in [6, 6.07) is 12.1. The molecule has 1 aliphatic heterocycles. The van der Waals surface area contributed by atoms with Crippen LogP contribution in [0.1, 0.15) is 16.7 Å². The number of hydrogen-bond donors (Lipinski definition) is 2. The van der Waals surface area contributed by atoms with Crippen molar-refractivity contribution in [2.75, 3.05) is 0 Å². The number of aromatic hydroxyl groups is 1. The van der Waals surface area contributed by atoms with Crippen molar-refractivity contribution in [2.45, 2.75) is 11.5 Å². The largest absolute Gasteiger partial charge is 0.494 e. The standard InChI is InChI=1S/C20H15N3O2S/c24-20-17(7-22-15-3-1-13-9-26-10-14(13)5-15)16-6-12(2-4-18(16)23-20)19-8-21-11-25-19/h1-8,11,23-24H,9-10H2. The van der Waals surface area contributed by atoms with Gasteiger partial charge in [0, 0.05) is 34.2 Å². The Bertz CT molecular complexity index is 1130. The molecule has 0 spiro atoms. The van der Waals surface area contributed by atoms with Crippen LogP contribution in [0, 0.1) is 0 Å². The summed E-state index contributed by atoms with van der Waals surface area (Å²) in [5, 5.41) is 11.2. The van der Waals surface area contributed by atoms with Gasteiger partial charge in [0.05, 0.1) is 17.4 Å². The van der Waals surface area contributed by atoms with Gasteiger partial charge in [0.2, 0.25) is 0 Å². The van der Waals surface area contributed by atoms with Crippen molar-refractivity contribution in [1.82, 2.24) is 9.97 Å². The van der Waals surface area contributed by atoms with Gasteiger partial charge in [0.1, 0.15) is 0 Å². The highest BCUT2D eigenvalue weighted by atomic mass is 32.2. The molecule has 0 aliphatic carbocycles. The van der Waals surface area contributed by atoms with E-state index < -0.39 is 0 Å². The van der Waals surface area contributed by atoms with Crippen LogP contribution in [-0.2, 0) is 11.5 Å². The van der Waals surface area contributed by atoms with E-state index in [0.717, 1.165) is 33.7 Å². The average molecular weight is 361 g/mol. The Morgan fingerprint density at radius 2 is 2.08 bits per heavy atom. The normalized spacial score (nSPS) is 13.7. The molecule has 6 heteroatoms. The number of H-pyrrole nitrogens is 1. The minimum Gasteiger partial charge on any atom is -0.494 e. The Hall–Kier alpha value is -2.99. The van der Waals surface area contributed by atoms with Crippen LogP contribution in [0.4, 0.5) is 5.69 Å². The van der Waals surface area contributed by atoms with E-state index in [-0.39, 0.29) is 5.88 Å². The predicted octanol–water partition coefficient (Wildman–Crippen LogP) is 5.03. The Kier molecular flexibility index (Phi) is 3.57. The number of aromatic nitrogens is 2. The molecule has 128 valence electrons. The zero-order chi connectivity index (χ0) is 17.5. The van der Waals surface area contributed by atoms with Crippen LogP contribution in [0.25, 0.3) is 22.2 Å². The molecule has 0 atom stereocenters. The monoisotopic (exact) mass is 361 g/mol. The topological polar surface area (TPSA) is 74.4 Å².